The maximum Gasteiger partial charge on any atom is 0.325 e. The predicted molar refractivity (Wildman–Crippen MR) is 84.2 cm³/mol. The van der Waals surface area contributed by atoms with Gasteiger partial charge in [-0.3, -0.25) is 14.4 Å². The van der Waals surface area contributed by atoms with Gasteiger partial charge in [0.2, 0.25) is 0 Å². The van der Waals surface area contributed by atoms with Crippen LogP contribution in [0.25, 0.3) is 10.1 Å². The van der Waals surface area contributed by atoms with E-state index < -0.39 is 17.8 Å². The number of fused-ring (bicyclic) bond motifs is 1. The standard InChI is InChI=1S/C14H13ClN2O4S/c1-16-10(18)7-21-11(19)6-17-14(20)13-12(15)8-4-2-3-5-9(8)22-13/h2-5H,6-7H2,1H3,(H,16,18)(H,17,20). The van der Waals surface area contributed by atoms with Crippen molar-refractivity contribution >= 4 is 50.8 Å². The number of esters is 1. The Morgan fingerprint density at radius 3 is 2.68 bits per heavy atom. The summed E-state index contributed by atoms with van der Waals surface area (Å²) in [6.07, 6.45) is 0. The van der Waals surface area contributed by atoms with Crippen LogP contribution in [0.4, 0.5) is 0 Å². The Labute approximate surface area is 135 Å². The first-order chi connectivity index (χ1) is 10.5. The Morgan fingerprint density at radius 2 is 2.00 bits per heavy atom. The first-order valence-corrected chi connectivity index (χ1v) is 7.53. The van der Waals surface area contributed by atoms with Gasteiger partial charge in [-0.05, 0) is 6.07 Å². The van der Waals surface area contributed by atoms with E-state index in [-0.39, 0.29) is 13.2 Å². The fourth-order valence-electron chi connectivity index (χ4n) is 1.66. The number of thiophene rings is 1. The summed E-state index contributed by atoms with van der Waals surface area (Å²) < 4.78 is 5.56. The van der Waals surface area contributed by atoms with Gasteiger partial charge >= 0.3 is 5.97 Å². The van der Waals surface area contributed by atoms with Gasteiger partial charge in [0.15, 0.2) is 6.61 Å². The maximum absolute atomic E-state index is 12.1. The zero-order valence-electron chi connectivity index (χ0n) is 11.6. The molecular weight excluding hydrogens is 328 g/mol. The molecule has 0 aliphatic rings. The lowest BCUT2D eigenvalue weighted by atomic mass is 10.2. The third kappa shape index (κ3) is 3.75. The average molecular weight is 341 g/mol. The molecule has 0 atom stereocenters. The zero-order valence-corrected chi connectivity index (χ0v) is 13.2. The number of nitrogens with one attached hydrogen (secondary N) is 2. The first kappa shape index (κ1) is 16.3. The van der Waals surface area contributed by atoms with E-state index in [1.165, 1.54) is 18.4 Å². The second kappa shape index (κ2) is 7.24. The third-order valence-electron chi connectivity index (χ3n) is 2.78. The summed E-state index contributed by atoms with van der Waals surface area (Å²) in [6, 6.07) is 7.37. The highest BCUT2D eigenvalue weighted by molar-refractivity contribution is 7.21. The molecule has 0 spiro atoms. The molecule has 1 aromatic heterocycles. The number of hydrogen-bond acceptors (Lipinski definition) is 5. The molecule has 2 N–H and O–H groups in total. The summed E-state index contributed by atoms with van der Waals surface area (Å²) >= 11 is 7.41. The molecule has 8 heteroatoms. The Bertz CT molecular complexity index is 729. The Balaban J connectivity index is 1.95. The fourth-order valence-corrected chi connectivity index (χ4v) is 3.10. The van der Waals surface area contributed by atoms with Crippen LogP contribution in [-0.4, -0.2) is 38.0 Å². The number of carbonyl (C=O) groups excluding carboxylic acids is 3. The van der Waals surface area contributed by atoms with Crippen LogP contribution in [-0.2, 0) is 14.3 Å². The van der Waals surface area contributed by atoms with E-state index in [0.717, 1.165) is 10.1 Å². The molecule has 0 bridgehead atoms. The molecule has 6 nitrogen and oxygen atoms in total. The average Bonchev–Trinajstić information content (AvgIpc) is 2.87. The smallest absolute Gasteiger partial charge is 0.325 e. The first-order valence-electron chi connectivity index (χ1n) is 6.34. The minimum atomic E-state index is -0.700. The molecule has 0 aliphatic carbocycles. The molecule has 0 fully saturated rings. The van der Waals surface area contributed by atoms with Crippen molar-refractivity contribution in [3.63, 3.8) is 0 Å². The Kier molecular flexibility index (Phi) is 5.35. The largest absolute Gasteiger partial charge is 0.454 e. The van der Waals surface area contributed by atoms with Crippen LogP contribution < -0.4 is 10.6 Å². The Morgan fingerprint density at radius 1 is 1.27 bits per heavy atom. The molecule has 0 aliphatic heterocycles. The number of benzene rings is 1. The summed E-state index contributed by atoms with van der Waals surface area (Å²) in [5.41, 5.74) is 0. The normalized spacial score (nSPS) is 10.3. The van der Waals surface area contributed by atoms with Crippen LogP contribution in [0.1, 0.15) is 9.67 Å². The van der Waals surface area contributed by atoms with Crippen LogP contribution >= 0.6 is 22.9 Å². The van der Waals surface area contributed by atoms with Gasteiger partial charge in [-0.25, -0.2) is 0 Å². The number of likely N-dealkylation sites (N-methyl/N-ethyl adjacent to an activating group) is 1. The van der Waals surface area contributed by atoms with Gasteiger partial charge in [0.25, 0.3) is 11.8 Å². The van der Waals surface area contributed by atoms with Crippen molar-refractivity contribution in [1.82, 2.24) is 10.6 Å². The molecule has 0 saturated carbocycles. The summed E-state index contributed by atoms with van der Waals surface area (Å²) in [7, 11) is 1.43. The van der Waals surface area contributed by atoms with Crippen molar-refractivity contribution in [3.05, 3.63) is 34.2 Å². The number of carbonyl (C=O) groups is 3. The van der Waals surface area contributed by atoms with E-state index in [2.05, 4.69) is 15.4 Å². The molecule has 0 saturated heterocycles. The van der Waals surface area contributed by atoms with Crippen molar-refractivity contribution in [2.45, 2.75) is 0 Å². The van der Waals surface area contributed by atoms with E-state index in [4.69, 9.17) is 11.6 Å². The van der Waals surface area contributed by atoms with Crippen molar-refractivity contribution in [2.75, 3.05) is 20.2 Å². The zero-order chi connectivity index (χ0) is 16.1. The quantitative estimate of drug-likeness (QED) is 0.809. The van der Waals surface area contributed by atoms with E-state index in [9.17, 15) is 14.4 Å². The lowest BCUT2D eigenvalue weighted by molar-refractivity contribution is -0.147. The molecule has 1 aromatic carbocycles. The molecule has 0 radical (unpaired) electrons. The second-order valence-corrected chi connectivity index (χ2v) is 5.69. The molecule has 2 aromatic rings. The molecule has 2 amide bonds. The lowest BCUT2D eigenvalue weighted by Crippen LogP contribution is -2.32. The third-order valence-corrected chi connectivity index (χ3v) is 4.45. The van der Waals surface area contributed by atoms with Crippen LogP contribution in [0, 0.1) is 0 Å². The molecule has 22 heavy (non-hydrogen) atoms. The number of amides is 2. The fraction of sp³-hybridized carbons (Fsp3) is 0.214. The molecule has 2 rings (SSSR count). The minimum absolute atomic E-state index is 0.333. The molecule has 1 heterocycles. The topological polar surface area (TPSA) is 84.5 Å². The van der Waals surface area contributed by atoms with Crippen molar-refractivity contribution in [3.8, 4) is 0 Å². The second-order valence-electron chi connectivity index (χ2n) is 4.26. The summed E-state index contributed by atoms with van der Waals surface area (Å²) in [5.74, 6) is -1.58. The van der Waals surface area contributed by atoms with Crippen LogP contribution in [0.2, 0.25) is 5.02 Å². The van der Waals surface area contributed by atoms with E-state index in [1.54, 1.807) is 0 Å². The molecular formula is C14H13ClN2O4S. The summed E-state index contributed by atoms with van der Waals surface area (Å²) in [4.78, 5) is 34.7. The van der Waals surface area contributed by atoms with Crippen LogP contribution in [0.3, 0.4) is 0 Å². The Hall–Kier alpha value is -2.12. The minimum Gasteiger partial charge on any atom is -0.454 e. The van der Waals surface area contributed by atoms with Crippen molar-refractivity contribution in [2.24, 2.45) is 0 Å². The summed E-state index contributed by atoms with van der Waals surface area (Å²) in [5, 5.41) is 5.89. The van der Waals surface area contributed by atoms with Crippen molar-refractivity contribution in [1.29, 1.82) is 0 Å². The van der Waals surface area contributed by atoms with Gasteiger partial charge in [0, 0.05) is 17.1 Å². The SMILES string of the molecule is CNC(=O)COC(=O)CNC(=O)c1sc2ccccc2c1Cl. The highest BCUT2D eigenvalue weighted by Crippen LogP contribution is 2.34. The monoisotopic (exact) mass is 340 g/mol. The van der Waals surface area contributed by atoms with Gasteiger partial charge in [-0.2, -0.15) is 0 Å². The number of ether oxygens (including phenoxy) is 1. The van der Waals surface area contributed by atoms with Crippen LogP contribution in [0.5, 0.6) is 0 Å². The van der Waals surface area contributed by atoms with Gasteiger partial charge in [-0.1, -0.05) is 29.8 Å². The molecule has 0 unspecified atom stereocenters. The van der Waals surface area contributed by atoms with Crippen LogP contribution in [0.15, 0.2) is 24.3 Å². The lowest BCUT2D eigenvalue weighted by Gasteiger charge is -2.05. The van der Waals surface area contributed by atoms with Gasteiger partial charge in [-0.15, -0.1) is 11.3 Å². The number of halogens is 1. The predicted octanol–water partition coefficient (Wildman–Crippen LogP) is 1.57. The van der Waals surface area contributed by atoms with Gasteiger partial charge in [0.1, 0.15) is 11.4 Å². The van der Waals surface area contributed by atoms with Gasteiger partial charge in [0.05, 0.1) is 5.02 Å². The summed E-state index contributed by atoms with van der Waals surface area (Å²) in [6.45, 7) is -0.713. The molecule has 116 valence electrons. The maximum atomic E-state index is 12.1. The highest BCUT2D eigenvalue weighted by Gasteiger charge is 2.17. The van der Waals surface area contributed by atoms with Crippen molar-refractivity contribution < 1.29 is 19.1 Å². The highest BCUT2D eigenvalue weighted by atomic mass is 35.5. The van der Waals surface area contributed by atoms with E-state index >= 15 is 0 Å². The van der Waals surface area contributed by atoms with E-state index in [1.807, 2.05) is 24.3 Å². The van der Waals surface area contributed by atoms with E-state index in [0.29, 0.717) is 9.90 Å². The van der Waals surface area contributed by atoms with Gasteiger partial charge < -0.3 is 15.4 Å². The number of rotatable bonds is 5. The number of hydrogen-bond donors (Lipinski definition) is 2.